The fraction of sp³-hybridized carbons (Fsp3) is 0.556. The van der Waals surface area contributed by atoms with Crippen LogP contribution in [0.1, 0.15) is 16.9 Å². The second-order valence-corrected chi connectivity index (χ2v) is 5.00. The Morgan fingerprint density at radius 1 is 1.62 bits per heavy atom. The number of hydrogen-bond donors (Lipinski definition) is 1. The van der Waals surface area contributed by atoms with Gasteiger partial charge in [0.25, 0.3) is 0 Å². The van der Waals surface area contributed by atoms with Gasteiger partial charge in [-0.25, -0.2) is 0 Å². The van der Waals surface area contributed by atoms with E-state index in [0.717, 1.165) is 10.8 Å². The highest BCUT2D eigenvalue weighted by Gasteiger charge is 2.19. The molecule has 1 aromatic heterocycles. The van der Waals surface area contributed by atoms with Crippen LogP contribution in [0.25, 0.3) is 0 Å². The first-order valence-electron chi connectivity index (χ1n) is 4.24. The summed E-state index contributed by atoms with van der Waals surface area (Å²) in [7, 11) is 2.03. The van der Waals surface area contributed by atoms with Crippen LogP contribution in [0.15, 0.2) is 6.07 Å². The lowest BCUT2D eigenvalue weighted by Crippen LogP contribution is -2.30. The van der Waals surface area contributed by atoms with Gasteiger partial charge in [0.1, 0.15) is 0 Å². The van der Waals surface area contributed by atoms with E-state index in [4.69, 9.17) is 11.6 Å². The molecule has 1 heterocycles. The van der Waals surface area contributed by atoms with Crippen molar-refractivity contribution in [2.75, 3.05) is 7.05 Å². The number of thiophene rings is 1. The highest BCUT2D eigenvalue weighted by Crippen LogP contribution is 2.32. The topological polar surface area (TPSA) is 12.0 Å². The van der Waals surface area contributed by atoms with E-state index < -0.39 is 0 Å². The monoisotopic (exact) mass is 237 g/mol. The van der Waals surface area contributed by atoms with E-state index in [9.17, 15) is 0 Å². The van der Waals surface area contributed by atoms with Crippen molar-refractivity contribution in [2.24, 2.45) is 0 Å². The van der Waals surface area contributed by atoms with Gasteiger partial charge in [-0.3, -0.25) is 0 Å². The van der Waals surface area contributed by atoms with Crippen molar-refractivity contribution in [1.82, 2.24) is 5.32 Å². The smallest absolute Gasteiger partial charge is 0.0934 e. The Bertz CT molecular complexity index is 285. The molecule has 1 N–H and O–H groups in total. The van der Waals surface area contributed by atoms with Crippen molar-refractivity contribution in [3.8, 4) is 0 Å². The molecule has 0 aromatic carbocycles. The van der Waals surface area contributed by atoms with Gasteiger partial charge in [-0.05, 0) is 37.9 Å². The van der Waals surface area contributed by atoms with Crippen LogP contribution in [0.2, 0.25) is 4.34 Å². The average Bonchev–Trinajstić information content (AvgIpc) is 2.43. The van der Waals surface area contributed by atoms with Gasteiger partial charge in [-0.2, -0.15) is 0 Å². The van der Waals surface area contributed by atoms with Crippen molar-refractivity contribution >= 4 is 35.3 Å². The van der Waals surface area contributed by atoms with Crippen LogP contribution in [0.4, 0.5) is 0 Å². The second-order valence-electron chi connectivity index (χ2n) is 3.23. The van der Waals surface area contributed by atoms with Crippen molar-refractivity contribution < 1.29 is 0 Å². The molecule has 0 spiro atoms. The number of hydrogen-bond acceptors (Lipinski definition) is 2. The Hall–Kier alpha value is 0.240. The molecule has 74 valence electrons. The summed E-state index contributed by atoms with van der Waals surface area (Å²) < 4.78 is 0.941. The molecule has 13 heavy (non-hydrogen) atoms. The maximum absolute atomic E-state index is 5.94. The average molecular weight is 238 g/mol. The zero-order valence-corrected chi connectivity index (χ0v) is 9.86. The van der Waals surface area contributed by atoms with E-state index >= 15 is 0 Å². The third kappa shape index (κ3) is 2.38. The van der Waals surface area contributed by atoms with Crippen molar-refractivity contribution in [3.05, 3.63) is 20.8 Å². The standard InChI is InChI=1S/C9H12ClNS.ClH/c1-11-7-2-3-8-6(4-7)5-9(10)12-8;/h5,7,11H,2-4H2,1H3;1H. The molecule has 1 nitrogen and oxygen atoms in total. The van der Waals surface area contributed by atoms with E-state index in [1.54, 1.807) is 11.3 Å². The number of fused-ring (bicyclic) bond motifs is 1. The normalized spacial score (nSPS) is 20.6. The molecule has 2 rings (SSSR count). The Morgan fingerprint density at radius 2 is 2.38 bits per heavy atom. The molecule has 0 aliphatic heterocycles. The molecule has 0 saturated heterocycles. The van der Waals surface area contributed by atoms with Crippen LogP contribution in [-0.4, -0.2) is 13.1 Å². The number of rotatable bonds is 1. The molecule has 0 bridgehead atoms. The zero-order chi connectivity index (χ0) is 8.55. The maximum atomic E-state index is 5.94. The van der Waals surface area contributed by atoms with E-state index in [-0.39, 0.29) is 12.4 Å². The quantitative estimate of drug-likeness (QED) is 0.793. The summed E-state index contributed by atoms with van der Waals surface area (Å²) in [6, 6.07) is 2.77. The summed E-state index contributed by atoms with van der Waals surface area (Å²) in [5.74, 6) is 0. The molecule has 0 amide bonds. The fourth-order valence-electron chi connectivity index (χ4n) is 1.73. The van der Waals surface area contributed by atoms with Crippen LogP contribution < -0.4 is 5.32 Å². The Morgan fingerprint density at radius 3 is 3.08 bits per heavy atom. The van der Waals surface area contributed by atoms with E-state index in [0.29, 0.717) is 6.04 Å². The van der Waals surface area contributed by atoms with Gasteiger partial charge in [-0.15, -0.1) is 23.7 Å². The van der Waals surface area contributed by atoms with Crippen LogP contribution in [-0.2, 0) is 12.8 Å². The lowest BCUT2D eigenvalue weighted by Gasteiger charge is -2.20. The van der Waals surface area contributed by atoms with Gasteiger partial charge in [0.2, 0.25) is 0 Å². The summed E-state index contributed by atoms with van der Waals surface area (Å²) in [6.07, 6.45) is 3.59. The van der Waals surface area contributed by atoms with Gasteiger partial charge in [0, 0.05) is 10.9 Å². The van der Waals surface area contributed by atoms with E-state index in [2.05, 4.69) is 11.4 Å². The Balaban J connectivity index is 0.000000845. The SMILES string of the molecule is CNC1CCc2sc(Cl)cc2C1.Cl. The molecule has 0 radical (unpaired) electrons. The minimum atomic E-state index is 0. The molecule has 4 heteroatoms. The van der Waals surface area contributed by atoms with Crippen LogP contribution in [0, 0.1) is 0 Å². The number of aryl methyl sites for hydroxylation is 1. The minimum absolute atomic E-state index is 0. The molecular formula is C9H13Cl2NS. The first-order chi connectivity index (χ1) is 5.79. The predicted molar refractivity (Wildman–Crippen MR) is 61.4 cm³/mol. The Kier molecular flexibility index (Phi) is 4.05. The minimum Gasteiger partial charge on any atom is -0.317 e. The molecule has 1 aliphatic rings. The summed E-state index contributed by atoms with van der Waals surface area (Å²) in [5, 5.41) is 3.32. The van der Waals surface area contributed by atoms with E-state index in [1.165, 1.54) is 23.3 Å². The first kappa shape index (κ1) is 11.3. The second kappa shape index (κ2) is 4.65. The number of nitrogens with one attached hydrogen (secondary N) is 1. The molecule has 0 fully saturated rings. The zero-order valence-electron chi connectivity index (χ0n) is 7.47. The van der Waals surface area contributed by atoms with Crippen LogP contribution in [0.3, 0.4) is 0 Å². The number of halogens is 2. The summed E-state index contributed by atoms with van der Waals surface area (Å²) in [6.45, 7) is 0. The third-order valence-corrected chi connectivity index (χ3v) is 3.83. The van der Waals surface area contributed by atoms with Gasteiger partial charge in [-0.1, -0.05) is 11.6 Å². The fourth-order valence-corrected chi connectivity index (χ4v) is 3.07. The highest BCUT2D eigenvalue weighted by molar-refractivity contribution is 7.16. The number of likely N-dealkylation sites (N-methyl/N-ethyl adjacent to an activating group) is 1. The molecule has 0 saturated carbocycles. The third-order valence-electron chi connectivity index (χ3n) is 2.46. The first-order valence-corrected chi connectivity index (χ1v) is 5.43. The van der Waals surface area contributed by atoms with Gasteiger partial charge >= 0.3 is 0 Å². The molecule has 1 atom stereocenters. The van der Waals surface area contributed by atoms with Crippen LogP contribution in [0.5, 0.6) is 0 Å². The van der Waals surface area contributed by atoms with Crippen molar-refractivity contribution in [1.29, 1.82) is 0 Å². The molecule has 1 aliphatic carbocycles. The largest absolute Gasteiger partial charge is 0.317 e. The van der Waals surface area contributed by atoms with E-state index in [1.807, 2.05) is 7.05 Å². The van der Waals surface area contributed by atoms with Gasteiger partial charge in [0.15, 0.2) is 0 Å². The predicted octanol–water partition coefficient (Wildman–Crippen LogP) is 2.90. The van der Waals surface area contributed by atoms with Gasteiger partial charge < -0.3 is 5.32 Å². The summed E-state index contributed by atoms with van der Waals surface area (Å²) >= 11 is 7.68. The van der Waals surface area contributed by atoms with Crippen LogP contribution >= 0.6 is 35.3 Å². The molecular weight excluding hydrogens is 225 g/mol. The molecule has 1 unspecified atom stereocenters. The van der Waals surface area contributed by atoms with Crippen molar-refractivity contribution in [2.45, 2.75) is 25.3 Å². The summed E-state index contributed by atoms with van der Waals surface area (Å²) in [5.41, 5.74) is 1.45. The van der Waals surface area contributed by atoms with Crippen molar-refractivity contribution in [3.63, 3.8) is 0 Å². The Labute approximate surface area is 93.9 Å². The highest BCUT2D eigenvalue weighted by atomic mass is 35.5. The summed E-state index contributed by atoms with van der Waals surface area (Å²) in [4.78, 5) is 1.49. The van der Waals surface area contributed by atoms with Gasteiger partial charge in [0.05, 0.1) is 4.34 Å². The lowest BCUT2D eigenvalue weighted by molar-refractivity contribution is 0.500. The lowest BCUT2D eigenvalue weighted by atomic mass is 9.95. The maximum Gasteiger partial charge on any atom is 0.0934 e. The molecule has 1 aromatic rings.